The highest BCUT2D eigenvalue weighted by molar-refractivity contribution is 5.89. The largest absolute Gasteiger partial charge is 0.465 e. The van der Waals surface area contributed by atoms with Crippen LogP contribution in [0.5, 0.6) is 0 Å². The third kappa shape index (κ3) is 5.78. The van der Waals surface area contributed by atoms with Gasteiger partial charge in [0.2, 0.25) is 5.95 Å². The Hall–Kier alpha value is -4.34. The number of amides is 2. The number of anilines is 5. The van der Waals surface area contributed by atoms with Crippen molar-refractivity contribution in [3.63, 3.8) is 0 Å². The van der Waals surface area contributed by atoms with Crippen molar-refractivity contribution in [3.05, 3.63) is 66.4 Å². The molecule has 4 rings (SSSR count). The molecule has 1 aliphatic heterocycles. The van der Waals surface area contributed by atoms with Crippen molar-refractivity contribution in [2.75, 3.05) is 27.5 Å². The van der Waals surface area contributed by atoms with Gasteiger partial charge in [0.15, 0.2) is 0 Å². The lowest BCUT2D eigenvalue weighted by Crippen LogP contribution is -2.37. The number of nitrogens with one attached hydrogen (secondary N) is 3. The lowest BCUT2D eigenvalue weighted by molar-refractivity contribution is 0.177. The van der Waals surface area contributed by atoms with E-state index in [-0.39, 0.29) is 18.0 Å². The van der Waals surface area contributed by atoms with Gasteiger partial charge in [0.05, 0.1) is 12.1 Å². The van der Waals surface area contributed by atoms with Crippen molar-refractivity contribution in [1.82, 2.24) is 9.97 Å². The van der Waals surface area contributed by atoms with Crippen molar-refractivity contribution in [3.8, 4) is 0 Å². The summed E-state index contributed by atoms with van der Waals surface area (Å²) in [6.07, 6.45) is 0.122. The standard InChI is InChI=1S/C25H28N6O4/c1-15(2)21-14-35-25(34)31(21)22-11-12-26-23(30-22)27-16(3)17-7-9-18(10-8-17)28-19-5-4-6-20(13-19)29-24(32)33/h4-13,15-16,21,28-29H,14H2,1-3H3,(H,32,33)(H,26,27,30)/t16?,21-/m1/s1. The Kier molecular flexibility index (Phi) is 7.00. The number of nitrogens with zero attached hydrogens (tertiary/aromatic N) is 3. The van der Waals surface area contributed by atoms with Crippen LogP contribution in [0.4, 0.5) is 38.4 Å². The normalized spacial score (nSPS) is 16.1. The molecule has 10 heteroatoms. The smallest absolute Gasteiger partial charge is 0.415 e. The number of carbonyl (C=O) groups is 2. The first-order chi connectivity index (χ1) is 16.8. The van der Waals surface area contributed by atoms with Gasteiger partial charge in [0, 0.05) is 23.3 Å². The fraction of sp³-hybridized carbons (Fsp3) is 0.280. The molecule has 4 N–H and O–H groups in total. The van der Waals surface area contributed by atoms with E-state index in [4.69, 9.17) is 9.84 Å². The molecule has 1 aromatic heterocycles. The maximum atomic E-state index is 12.3. The number of ether oxygens (including phenoxy) is 1. The third-order valence-electron chi connectivity index (χ3n) is 5.72. The minimum absolute atomic E-state index is 0.0664. The fourth-order valence-electron chi connectivity index (χ4n) is 3.84. The molecule has 2 amide bonds. The van der Waals surface area contributed by atoms with Gasteiger partial charge in [-0.05, 0) is 54.8 Å². The molecule has 10 nitrogen and oxygen atoms in total. The van der Waals surface area contributed by atoms with Gasteiger partial charge in [0.1, 0.15) is 12.4 Å². The Morgan fingerprint density at radius 1 is 1.09 bits per heavy atom. The predicted octanol–water partition coefficient (Wildman–Crippen LogP) is 5.46. The number of hydrogen-bond acceptors (Lipinski definition) is 7. The Morgan fingerprint density at radius 3 is 2.54 bits per heavy atom. The summed E-state index contributed by atoms with van der Waals surface area (Å²) in [4.78, 5) is 33.6. The van der Waals surface area contributed by atoms with Crippen LogP contribution >= 0.6 is 0 Å². The highest BCUT2D eigenvalue weighted by Gasteiger charge is 2.37. The molecule has 0 aliphatic carbocycles. The van der Waals surface area contributed by atoms with E-state index in [0.29, 0.717) is 24.1 Å². The monoisotopic (exact) mass is 476 g/mol. The number of carboxylic acid groups (broad SMARTS) is 1. The minimum atomic E-state index is -1.11. The van der Waals surface area contributed by atoms with Crippen LogP contribution < -0.4 is 20.9 Å². The van der Waals surface area contributed by atoms with Crippen molar-refractivity contribution in [1.29, 1.82) is 0 Å². The van der Waals surface area contributed by atoms with Crippen molar-refractivity contribution in [2.45, 2.75) is 32.9 Å². The molecule has 1 unspecified atom stereocenters. The Labute approximate surface area is 203 Å². The van der Waals surface area contributed by atoms with Crippen LogP contribution in [0, 0.1) is 5.92 Å². The molecular formula is C25H28N6O4. The average molecular weight is 477 g/mol. The maximum absolute atomic E-state index is 12.3. The molecule has 2 heterocycles. The van der Waals surface area contributed by atoms with Gasteiger partial charge in [-0.2, -0.15) is 4.98 Å². The molecule has 1 saturated heterocycles. The zero-order chi connectivity index (χ0) is 24.9. The van der Waals surface area contributed by atoms with Gasteiger partial charge in [-0.1, -0.05) is 32.0 Å². The van der Waals surface area contributed by atoms with Crippen LogP contribution in [0.15, 0.2) is 60.8 Å². The second-order valence-electron chi connectivity index (χ2n) is 8.62. The predicted molar refractivity (Wildman–Crippen MR) is 134 cm³/mol. The number of rotatable bonds is 8. The number of benzene rings is 2. The van der Waals surface area contributed by atoms with Gasteiger partial charge in [0.25, 0.3) is 0 Å². The number of aromatic nitrogens is 2. The highest BCUT2D eigenvalue weighted by atomic mass is 16.6. The summed E-state index contributed by atoms with van der Waals surface area (Å²) in [7, 11) is 0. The first kappa shape index (κ1) is 23.8. The summed E-state index contributed by atoms with van der Waals surface area (Å²) in [6, 6.07) is 16.4. The second-order valence-corrected chi connectivity index (χ2v) is 8.62. The van der Waals surface area contributed by atoms with E-state index >= 15 is 0 Å². The van der Waals surface area contributed by atoms with Crippen LogP contribution in [-0.2, 0) is 4.74 Å². The summed E-state index contributed by atoms with van der Waals surface area (Å²) < 4.78 is 5.23. The molecule has 2 atom stereocenters. The van der Waals surface area contributed by atoms with E-state index in [1.807, 2.05) is 51.1 Å². The zero-order valence-electron chi connectivity index (χ0n) is 19.7. The number of carbonyl (C=O) groups excluding carboxylic acids is 1. The SMILES string of the molecule is CC(Nc1nccc(N2C(=O)OC[C@@H]2C(C)C)n1)c1ccc(Nc2cccc(NC(=O)O)c2)cc1. The molecule has 0 bridgehead atoms. The van der Waals surface area contributed by atoms with E-state index in [1.54, 1.807) is 35.4 Å². The highest BCUT2D eigenvalue weighted by Crippen LogP contribution is 2.27. The average Bonchev–Trinajstić information content (AvgIpc) is 3.21. The summed E-state index contributed by atoms with van der Waals surface area (Å²) in [5, 5.41) is 17.8. The molecule has 0 spiro atoms. The summed E-state index contributed by atoms with van der Waals surface area (Å²) in [5.74, 6) is 1.16. The van der Waals surface area contributed by atoms with Crippen molar-refractivity contribution < 1.29 is 19.4 Å². The Bertz CT molecular complexity index is 1200. The lowest BCUT2D eigenvalue weighted by Gasteiger charge is -2.23. The second kappa shape index (κ2) is 10.3. The van der Waals surface area contributed by atoms with E-state index in [0.717, 1.165) is 16.9 Å². The molecule has 0 radical (unpaired) electrons. The van der Waals surface area contributed by atoms with E-state index in [1.165, 1.54) is 0 Å². The molecule has 3 aromatic rings. The maximum Gasteiger partial charge on any atom is 0.415 e. The van der Waals surface area contributed by atoms with Gasteiger partial charge >= 0.3 is 12.2 Å². The number of hydrogen-bond donors (Lipinski definition) is 4. The van der Waals surface area contributed by atoms with E-state index < -0.39 is 12.2 Å². The van der Waals surface area contributed by atoms with Crippen LogP contribution in [0.3, 0.4) is 0 Å². The molecule has 0 saturated carbocycles. The van der Waals surface area contributed by atoms with Gasteiger partial charge in [-0.15, -0.1) is 0 Å². The van der Waals surface area contributed by atoms with Crippen LogP contribution in [-0.4, -0.2) is 39.9 Å². The molecule has 35 heavy (non-hydrogen) atoms. The quantitative estimate of drug-likeness (QED) is 0.337. The topological polar surface area (TPSA) is 129 Å². The van der Waals surface area contributed by atoms with E-state index in [2.05, 4.69) is 25.9 Å². The Morgan fingerprint density at radius 2 is 1.83 bits per heavy atom. The molecule has 182 valence electrons. The molecular weight excluding hydrogens is 448 g/mol. The summed E-state index contributed by atoms with van der Waals surface area (Å²) >= 11 is 0. The van der Waals surface area contributed by atoms with Gasteiger partial charge < -0.3 is 20.5 Å². The van der Waals surface area contributed by atoms with Crippen LogP contribution in [0.2, 0.25) is 0 Å². The lowest BCUT2D eigenvalue weighted by atomic mass is 10.0. The molecule has 1 aliphatic rings. The van der Waals surface area contributed by atoms with Crippen LogP contribution in [0.1, 0.15) is 32.4 Å². The van der Waals surface area contributed by atoms with Crippen molar-refractivity contribution in [2.24, 2.45) is 5.92 Å². The first-order valence-electron chi connectivity index (χ1n) is 11.3. The van der Waals surface area contributed by atoms with Gasteiger partial charge in [-0.3, -0.25) is 10.2 Å². The first-order valence-corrected chi connectivity index (χ1v) is 11.3. The number of cyclic esters (lactones) is 1. The minimum Gasteiger partial charge on any atom is -0.465 e. The van der Waals surface area contributed by atoms with E-state index in [9.17, 15) is 9.59 Å². The molecule has 2 aromatic carbocycles. The van der Waals surface area contributed by atoms with Gasteiger partial charge in [-0.25, -0.2) is 14.6 Å². The summed E-state index contributed by atoms with van der Waals surface area (Å²) in [6.45, 7) is 6.44. The summed E-state index contributed by atoms with van der Waals surface area (Å²) in [5.41, 5.74) is 3.13. The van der Waals surface area contributed by atoms with Crippen molar-refractivity contribution >= 4 is 41.0 Å². The Balaban J connectivity index is 1.42. The zero-order valence-corrected chi connectivity index (χ0v) is 19.7. The third-order valence-corrected chi connectivity index (χ3v) is 5.72. The molecule has 1 fully saturated rings. The van der Waals surface area contributed by atoms with Crippen LogP contribution in [0.25, 0.3) is 0 Å². The fourth-order valence-corrected chi connectivity index (χ4v) is 3.84.